The SMILES string of the molecule is CSc1cccc(N2C(c3cnc4ccccn34)=CSC2N)c1. The van der Waals surface area contributed by atoms with E-state index in [1.165, 1.54) is 4.90 Å². The van der Waals surface area contributed by atoms with E-state index >= 15 is 0 Å². The third kappa shape index (κ3) is 2.52. The number of hydrogen-bond acceptors (Lipinski definition) is 5. The lowest BCUT2D eigenvalue weighted by molar-refractivity contribution is 0.928. The summed E-state index contributed by atoms with van der Waals surface area (Å²) in [4.78, 5) is 7.88. The van der Waals surface area contributed by atoms with Crippen LogP contribution < -0.4 is 10.6 Å². The van der Waals surface area contributed by atoms with Crippen molar-refractivity contribution in [2.24, 2.45) is 5.73 Å². The van der Waals surface area contributed by atoms with Crippen molar-refractivity contribution in [2.75, 3.05) is 11.2 Å². The molecule has 116 valence electrons. The van der Waals surface area contributed by atoms with Gasteiger partial charge in [-0.15, -0.1) is 11.8 Å². The molecule has 2 N–H and O–H groups in total. The number of rotatable bonds is 3. The Kier molecular flexibility index (Phi) is 3.80. The fraction of sp³-hybridized carbons (Fsp3) is 0.118. The second-order valence-electron chi connectivity index (χ2n) is 5.17. The van der Waals surface area contributed by atoms with E-state index in [0.29, 0.717) is 0 Å². The first-order valence-corrected chi connectivity index (χ1v) is 9.41. The number of anilines is 1. The Morgan fingerprint density at radius 1 is 1.22 bits per heavy atom. The fourth-order valence-corrected chi connectivity index (χ4v) is 4.05. The summed E-state index contributed by atoms with van der Waals surface area (Å²) in [6.07, 6.45) is 6.02. The predicted octanol–water partition coefficient (Wildman–Crippen LogP) is 3.85. The molecular weight excluding hydrogens is 324 g/mol. The van der Waals surface area contributed by atoms with Crippen LogP contribution in [-0.4, -0.2) is 21.1 Å². The number of pyridine rings is 1. The quantitative estimate of drug-likeness (QED) is 0.734. The van der Waals surface area contributed by atoms with Gasteiger partial charge in [-0.1, -0.05) is 23.9 Å². The van der Waals surface area contributed by atoms with E-state index in [1.54, 1.807) is 23.5 Å². The highest BCUT2D eigenvalue weighted by Gasteiger charge is 2.28. The molecule has 0 spiro atoms. The zero-order valence-electron chi connectivity index (χ0n) is 12.6. The molecule has 6 heteroatoms. The minimum Gasteiger partial charge on any atom is -0.314 e. The Hall–Kier alpha value is -1.89. The molecule has 1 aromatic carbocycles. The maximum atomic E-state index is 6.34. The van der Waals surface area contributed by atoms with Gasteiger partial charge < -0.3 is 10.6 Å². The van der Waals surface area contributed by atoms with Gasteiger partial charge in [0.1, 0.15) is 11.1 Å². The number of nitrogens with zero attached hydrogens (tertiary/aromatic N) is 3. The molecule has 0 aliphatic carbocycles. The number of nitrogens with two attached hydrogens (primary N) is 1. The van der Waals surface area contributed by atoms with Gasteiger partial charge in [-0.05, 0) is 36.6 Å². The number of hydrogen-bond donors (Lipinski definition) is 1. The number of imidazole rings is 1. The van der Waals surface area contributed by atoms with E-state index in [9.17, 15) is 0 Å². The van der Waals surface area contributed by atoms with Gasteiger partial charge >= 0.3 is 0 Å². The van der Waals surface area contributed by atoms with Crippen molar-refractivity contribution in [3.8, 4) is 0 Å². The molecule has 0 saturated heterocycles. The Morgan fingerprint density at radius 2 is 2.13 bits per heavy atom. The first-order valence-electron chi connectivity index (χ1n) is 7.25. The molecule has 1 aliphatic rings. The Labute approximate surface area is 143 Å². The molecule has 4 rings (SSSR count). The van der Waals surface area contributed by atoms with Crippen LogP contribution in [0.1, 0.15) is 5.69 Å². The molecule has 1 atom stereocenters. The summed E-state index contributed by atoms with van der Waals surface area (Å²) >= 11 is 3.36. The van der Waals surface area contributed by atoms with E-state index in [2.05, 4.69) is 50.2 Å². The lowest BCUT2D eigenvalue weighted by Gasteiger charge is -2.26. The van der Waals surface area contributed by atoms with E-state index < -0.39 is 0 Å². The van der Waals surface area contributed by atoms with Crippen molar-refractivity contribution in [3.63, 3.8) is 0 Å². The highest BCUT2D eigenvalue weighted by Crippen LogP contribution is 2.39. The summed E-state index contributed by atoms with van der Waals surface area (Å²) in [7, 11) is 0. The lowest BCUT2D eigenvalue weighted by Crippen LogP contribution is -2.34. The van der Waals surface area contributed by atoms with E-state index in [-0.39, 0.29) is 5.50 Å². The molecule has 0 amide bonds. The Morgan fingerprint density at radius 3 is 3.00 bits per heavy atom. The van der Waals surface area contributed by atoms with Gasteiger partial charge in [-0.3, -0.25) is 4.40 Å². The van der Waals surface area contributed by atoms with Crippen LogP contribution in [0.2, 0.25) is 0 Å². The van der Waals surface area contributed by atoms with Gasteiger partial charge in [-0.25, -0.2) is 4.98 Å². The highest BCUT2D eigenvalue weighted by atomic mass is 32.2. The smallest absolute Gasteiger partial charge is 0.137 e. The van der Waals surface area contributed by atoms with Gasteiger partial charge in [0, 0.05) is 22.2 Å². The first-order chi connectivity index (χ1) is 11.3. The minimum atomic E-state index is -0.128. The molecule has 3 aromatic rings. The van der Waals surface area contributed by atoms with Crippen molar-refractivity contribution >= 4 is 40.6 Å². The highest BCUT2D eigenvalue weighted by molar-refractivity contribution is 8.03. The summed E-state index contributed by atoms with van der Waals surface area (Å²) in [6.45, 7) is 0. The molecular formula is C17H16N4S2. The van der Waals surface area contributed by atoms with Gasteiger partial charge in [0.2, 0.25) is 0 Å². The molecule has 4 nitrogen and oxygen atoms in total. The fourth-order valence-electron chi connectivity index (χ4n) is 2.74. The molecule has 23 heavy (non-hydrogen) atoms. The standard InChI is InChI=1S/C17H16N4S2/c1-22-13-6-4-5-12(9-13)21-15(11-23-17(21)18)14-10-19-16-7-2-3-8-20(14)16/h2-11,17H,18H2,1H3. The van der Waals surface area contributed by atoms with Gasteiger partial charge in [0.25, 0.3) is 0 Å². The van der Waals surface area contributed by atoms with Crippen molar-refractivity contribution in [2.45, 2.75) is 10.4 Å². The van der Waals surface area contributed by atoms with Crippen LogP contribution in [-0.2, 0) is 0 Å². The van der Waals surface area contributed by atoms with Crippen LogP contribution in [0.3, 0.4) is 0 Å². The lowest BCUT2D eigenvalue weighted by atomic mass is 10.2. The van der Waals surface area contributed by atoms with Gasteiger partial charge in [-0.2, -0.15) is 0 Å². The van der Waals surface area contributed by atoms with E-state index in [0.717, 1.165) is 22.7 Å². The number of fused-ring (bicyclic) bond motifs is 1. The second-order valence-corrected chi connectivity index (χ2v) is 7.04. The summed E-state index contributed by atoms with van der Waals surface area (Å²) in [5.41, 5.74) is 10.4. The zero-order valence-corrected chi connectivity index (χ0v) is 14.2. The largest absolute Gasteiger partial charge is 0.314 e. The van der Waals surface area contributed by atoms with Crippen LogP contribution in [0.25, 0.3) is 11.3 Å². The third-order valence-corrected chi connectivity index (χ3v) is 5.42. The average Bonchev–Trinajstić information content (AvgIpc) is 3.18. The first kappa shape index (κ1) is 14.7. The van der Waals surface area contributed by atoms with Crippen LogP contribution in [0.4, 0.5) is 5.69 Å². The molecule has 0 radical (unpaired) electrons. The van der Waals surface area contributed by atoms with E-state index in [4.69, 9.17) is 5.73 Å². The molecule has 0 bridgehead atoms. The van der Waals surface area contributed by atoms with Crippen LogP contribution >= 0.6 is 23.5 Å². The molecule has 2 aromatic heterocycles. The van der Waals surface area contributed by atoms with Crippen LogP contribution in [0.15, 0.2) is 65.2 Å². The number of thioether (sulfide) groups is 2. The van der Waals surface area contributed by atoms with Crippen molar-refractivity contribution in [3.05, 3.63) is 66.0 Å². The summed E-state index contributed by atoms with van der Waals surface area (Å²) in [5.74, 6) is 0. The molecule has 0 fully saturated rings. The maximum Gasteiger partial charge on any atom is 0.137 e. The minimum absolute atomic E-state index is 0.128. The number of benzene rings is 1. The second kappa shape index (κ2) is 5.96. The monoisotopic (exact) mass is 340 g/mol. The molecule has 1 aliphatic heterocycles. The zero-order chi connectivity index (χ0) is 15.8. The van der Waals surface area contributed by atoms with Gasteiger partial charge in [0.15, 0.2) is 0 Å². The molecule has 0 saturated carbocycles. The predicted molar refractivity (Wildman–Crippen MR) is 99.4 cm³/mol. The Bertz CT molecular complexity index is 887. The molecule has 3 heterocycles. The topological polar surface area (TPSA) is 46.6 Å². The van der Waals surface area contributed by atoms with Crippen LogP contribution in [0.5, 0.6) is 0 Å². The Balaban J connectivity index is 1.81. The van der Waals surface area contributed by atoms with Crippen LogP contribution in [0, 0.1) is 0 Å². The van der Waals surface area contributed by atoms with Crippen molar-refractivity contribution < 1.29 is 0 Å². The third-order valence-electron chi connectivity index (χ3n) is 3.84. The number of aromatic nitrogens is 2. The average molecular weight is 340 g/mol. The summed E-state index contributed by atoms with van der Waals surface area (Å²) in [6, 6.07) is 14.5. The van der Waals surface area contributed by atoms with E-state index in [1.807, 2.05) is 30.6 Å². The normalized spacial score (nSPS) is 17.7. The van der Waals surface area contributed by atoms with Crippen molar-refractivity contribution in [1.29, 1.82) is 0 Å². The van der Waals surface area contributed by atoms with Crippen molar-refractivity contribution in [1.82, 2.24) is 9.38 Å². The maximum absolute atomic E-state index is 6.34. The summed E-state index contributed by atoms with van der Waals surface area (Å²) < 4.78 is 2.09. The molecule has 1 unspecified atom stereocenters. The summed E-state index contributed by atoms with van der Waals surface area (Å²) in [5, 5.41) is 2.12. The van der Waals surface area contributed by atoms with Gasteiger partial charge in [0.05, 0.1) is 17.6 Å².